The molecule has 0 radical (unpaired) electrons. The molecule has 1 aliphatic rings. The zero-order chi connectivity index (χ0) is 13.6. The molecule has 1 N–H and O–H groups in total. The fourth-order valence-corrected chi connectivity index (χ4v) is 4.18. The van der Waals surface area contributed by atoms with Crippen LogP contribution in [-0.4, -0.2) is 25.3 Å². The number of aromatic nitrogens is 2. The molecule has 0 aliphatic carbocycles. The van der Waals surface area contributed by atoms with Crippen LogP contribution in [0.15, 0.2) is 12.1 Å². The average molecular weight is 302 g/mol. The number of hydrogen-bond donors (Lipinski definition) is 1. The highest BCUT2D eigenvalue weighted by molar-refractivity contribution is 7.85. The van der Waals surface area contributed by atoms with Crippen LogP contribution < -0.4 is 0 Å². The van der Waals surface area contributed by atoms with Gasteiger partial charge in [-0.25, -0.2) is 8.78 Å². The highest BCUT2D eigenvalue weighted by atomic mass is 32.2. The van der Waals surface area contributed by atoms with Crippen molar-refractivity contribution in [3.05, 3.63) is 28.5 Å². The molecule has 0 saturated carbocycles. The molecule has 1 aromatic carbocycles. The van der Waals surface area contributed by atoms with Crippen LogP contribution in [0, 0.1) is 16.4 Å². The van der Waals surface area contributed by atoms with Crippen molar-refractivity contribution in [2.75, 3.05) is 11.5 Å². The average Bonchev–Trinajstić information content (AvgIpc) is 2.67. The van der Waals surface area contributed by atoms with Crippen LogP contribution in [0.4, 0.5) is 8.78 Å². The Kier molecular flexibility index (Phi) is 3.26. The van der Waals surface area contributed by atoms with Gasteiger partial charge in [-0.3, -0.25) is 4.21 Å². The molecule has 2 aromatic rings. The number of nitrogens with zero attached hydrogens (tertiary/aromatic N) is 1. The van der Waals surface area contributed by atoms with Crippen molar-refractivity contribution in [2.45, 2.75) is 18.9 Å². The first-order valence-corrected chi connectivity index (χ1v) is 7.90. The molecule has 1 saturated heterocycles. The van der Waals surface area contributed by atoms with Gasteiger partial charge in [0, 0.05) is 34.4 Å². The summed E-state index contributed by atoms with van der Waals surface area (Å²) in [5.41, 5.74) is 0.679. The second-order valence-electron chi connectivity index (χ2n) is 4.66. The van der Waals surface area contributed by atoms with E-state index in [2.05, 4.69) is 4.98 Å². The topological polar surface area (TPSA) is 37.8 Å². The number of nitrogens with one attached hydrogen (secondary N) is 1. The summed E-state index contributed by atoms with van der Waals surface area (Å²) in [6.07, 6.45) is 1.43. The van der Waals surface area contributed by atoms with Crippen LogP contribution in [0.2, 0.25) is 0 Å². The van der Waals surface area contributed by atoms with Gasteiger partial charge in [0.2, 0.25) is 0 Å². The summed E-state index contributed by atoms with van der Waals surface area (Å²) >= 11 is 5.21. The molecule has 2 heterocycles. The van der Waals surface area contributed by atoms with E-state index >= 15 is 0 Å². The van der Waals surface area contributed by atoms with Gasteiger partial charge >= 0.3 is 0 Å². The third-order valence-corrected chi connectivity index (χ3v) is 5.15. The first kappa shape index (κ1) is 12.9. The standard InChI is InChI=1S/C12H12F2N2OS2/c13-7-5-9(14)11-10(6-7)16(12(18)15-11)8-1-3-19(17)4-2-8/h5-6,8H,1-4H2,(H,15,18). The lowest BCUT2D eigenvalue weighted by molar-refractivity contribution is 0.467. The summed E-state index contributed by atoms with van der Waals surface area (Å²) in [5.74, 6) is -0.0419. The first-order valence-electron chi connectivity index (χ1n) is 6.00. The highest BCUT2D eigenvalue weighted by Gasteiger charge is 2.22. The van der Waals surface area contributed by atoms with Gasteiger partial charge in [-0.15, -0.1) is 0 Å². The largest absolute Gasteiger partial charge is 0.328 e. The smallest absolute Gasteiger partial charge is 0.178 e. The van der Waals surface area contributed by atoms with Gasteiger partial charge in [-0.05, 0) is 31.1 Å². The zero-order valence-electron chi connectivity index (χ0n) is 9.99. The van der Waals surface area contributed by atoms with Crippen LogP contribution in [-0.2, 0) is 10.8 Å². The van der Waals surface area contributed by atoms with E-state index in [1.165, 1.54) is 6.07 Å². The van der Waals surface area contributed by atoms with Gasteiger partial charge in [0.1, 0.15) is 11.3 Å². The van der Waals surface area contributed by atoms with E-state index in [1.54, 1.807) is 4.57 Å². The lowest BCUT2D eigenvalue weighted by atomic mass is 10.1. The SMILES string of the molecule is O=S1CCC(n2c(=S)[nH]c3c(F)cc(F)cc32)CC1. The number of benzene rings is 1. The van der Waals surface area contributed by atoms with Crippen LogP contribution >= 0.6 is 12.2 Å². The van der Waals surface area contributed by atoms with Gasteiger partial charge < -0.3 is 9.55 Å². The second-order valence-corrected chi connectivity index (χ2v) is 6.74. The van der Waals surface area contributed by atoms with Crippen molar-refractivity contribution in [3.8, 4) is 0 Å². The van der Waals surface area contributed by atoms with Gasteiger partial charge in [0.15, 0.2) is 10.6 Å². The molecular weight excluding hydrogens is 290 g/mol. The third kappa shape index (κ3) is 2.25. The fraction of sp³-hybridized carbons (Fsp3) is 0.417. The molecule has 3 rings (SSSR count). The van der Waals surface area contributed by atoms with Crippen molar-refractivity contribution < 1.29 is 13.0 Å². The summed E-state index contributed by atoms with van der Waals surface area (Å²) in [5, 5.41) is 0. The molecule has 7 heteroatoms. The number of aromatic amines is 1. The Hall–Kier alpha value is -1.08. The normalized spacial score (nSPS) is 23.9. The maximum Gasteiger partial charge on any atom is 0.178 e. The Morgan fingerprint density at radius 2 is 2.00 bits per heavy atom. The van der Waals surface area contributed by atoms with Crippen molar-refractivity contribution in [1.82, 2.24) is 9.55 Å². The van der Waals surface area contributed by atoms with Crippen molar-refractivity contribution in [3.63, 3.8) is 0 Å². The molecule has 0 bridgehead atoms. The first-order chi connectivity index (χ1) is 9.06. The van der Waals surface area contributed by atoms with E-state index in [1.807, 2.05) is 0 Å². The Morgan fingerprint density at radius 1 is 1.32 bits per heavy atom. The van der Waals surface area contributed by atoms with Crippen molar-refractivity contribution >= 4 is 34.1 Å². The van der Waals surface area contributed by atoms with E-state index in [9.17, 15) is 13.0 Å². The van der Waals surface area contributed by atoms with Gasteiger partial charge in [-0.1, -0.05) is 0 Å². The van der Waals surface area contributed by atoms with Crippen LogP contribution in [0.25, 0.3) is 11.0 Å². The van der Waals surface area contributed by atoms with Gasteiger partial charge in [0.05, 0.1) is 5.52 Å². The third-order valence-electron chi connectivity index (χ3n) is 3.47. The summed E-state index contributed by atoms with van der Waals surface area (Å²) in [6, 6.07) is 2.18. The number of rotatable bonds is 1. The zero-order valence-corrected chi connectivity index (χ0v) is 11.6. The summed E-state index contributed by atoms with van der Waals surface area (Å²) < 4.78 is 40.6. The Labute approximate surface area is 116 Å². The molecule has 19 heavy (non-hydrogen) atoms. The second kappa shape index (κ2) is 4.79. The summed E-state index contributed by atoms with van der Waals surface area (Å²) in [4.78, 5) is 2.79. The lowest BCUT2D eigenvalue weighted by Gasteiger charge is -2.23. The minimum atomic E-state index is -0.777. The van der Waals surface area contributed by atoms with Crippen LogP contribution in [0.5, 0.6) is 0 Å². The molecule has 0 spiro atoms. The predicted molar refractivity (Wildman–Crippen MR) is 73.2 cm³/mol. The van der Waals surface area contributed by atoms with Gasteiger partial charge in [-0.2, -0.15) is 0 Å². The molecule has 1 aliphatic heterocycles. The van der Waals surface area contributed by atoms with Crippen LogP contribution in [0.3, 0.4) is 0 Å². The van der Waals surface area contributed by atoms with Crippen LogP contribution in [0.1, 0.15) is 18.9 Å². The highest BCUT2D eigenvalue weighted by Crippen LogP contribution is 2.28. The molecule has 3 nitrogen and oxygen atoms in total. The van der Waals surface area contributed by atoms with E-state index in [0.717, 1.165) is 6.07 Å². The summed E-state index contributed by atoms with van der Waals surface area (Å²) in [6.45, 7) is 0. The molecule has 1 aromatic heterocycles. The molecule has 102 valence electrons. The lowest BCUT2D eigenvalue weighted by Crippen LogP contribution is -2.21. The van der Waals surface area contributed by atoms with Crippen molar-refractivity contribution in [2.24, 2.45) is 0 Å². The van der Waals surface area contributed by atoms with Crippen molar-refractivity contribution in [1.29, 1.82) is 0 Å². The predicted octanol–water partition coefficient (Wildman–Crippen LogP) is 3.06. The van der Waals surface area contributed by atoms with Gasteiger partial charge in [0.25, 0.3) is 0 Å². The number of H-pyrrole nitrogens is 1. The molecule has 0 amide bonds. The molecule has 0 unspecified atom stereocenters. The maximum atomic E-state index is 13.7. The number of hydrogen-bond acceptors (Lipinski definition) is 2. The van der Waals surface area contributed by atoms with E-state index in [-0.39, 0.29) is 11.6 Å². The maximum absolute atomic E-state index is 13.7. The minimum Gasteiger partial charge on any atom is -0.328 e. The van der Waals surface area contributed by atoms with E-state index in [4.69, 9.17) is 12.2 Å². The fourth-order valence-electron chi connectivity index (χ4n) is 2.55. The molecule has 0 atom stereocenters. The van der Waals surface area contributed by atoms with E-state index < -0.39 is 22.4 Å². The van der Waals surface area contributed by atoms with E-state index in [0.29, 0.717) is 34.6 Å². The summed E-state index contributed by atoms with van der Waals surface area (Å²) in [7, 11) is -0.777. The minimum absolute atomic E-state index is 0.0557. The number of imidazole rings is 1. The molecular formula is C12H12F2N2OS2. The Balaban J connectivity index is 2.15. The monoisotopic (exact) mass is 302 g/mol. The Bertz CT molecular complexity index is 712. The number of halogens is 2. The Morgan fingerprint density at radius 3 is 2.68 bits per heavy atom. The molecule has 1 fully saturated rings. The quantitative estimate of drug-likeness (QED) is 0.822. The number of fused-ring (bicyclic) bond motifs is 1.